The fraction of sp³-hybridized carbons (Fsp3) is 0.421. The number of aromatic nitrogens is 5. The SMILES string of the molecule is COc1cnc2c(C(=O)NCC3(O)CC3)nn(Cc3ncnc(OC)c3C)c2c1. The first-order valence-electron chi connectivity index (χ1n) is 9.20. The molecule has 3 heterocycles. The predicted octanol–water partition coefficient (Wildman–Crippen LogP) is 0.850. The number of pyridine rings is 1. The van der Waals surface area contributed by atoms with Crippen molar-refractivity contribution in [3.63, 3.8) is 0 Å². The molecular formula is C19H22N6O4. The normalized spacial score (nSPS) is 14.6. The first-order chi connectivity index (χ1) is 13.9. The molecule has 0 aromatic carbocycles. The van der Waals surface area contributed by atoms with E-state index in [4.69, 9.17) is 9.47 Å². The summed E-state index contributed by atoms with van der Waals surface area (Å²) < 4.78 is 12.2. The lowest BCUT2D eigenvalue weighted by Crippen LogP contribution is -2.33. The first-order valence-corrected chi connectivity index (χ1v) is 9.20. The predicted molar refractivity (Wildman–Crippen MR) is 103 cm³/mol. The summed E-state index contributed by atoms with van der Waals surface area (Å²) in [4.78, 5) is 25.5. The standard InChI is InChI=1S/C19H22N6O4/c1-11-13(22-10-23-18(11)29-3)8-25-14-6-12(28-2)7-20-15(14)16(24-25)17(26)21-9-19(27)4-5-19/h6-7,10,27H,4-5,8-9H2,1-3H3,(H,21,26). The van der Waals surface area contributed by atoms with Gasteiger partial charge in [-0.15, -0.1) is 0 Å². The number of hydrogen-bond acceptors (Lipinski definition) is 8. The molecule has 3 aromatic heterocycles. The minimum Gasteiger partial charge on any atom is -0.495 e. The van der Waals surface area contributed by atoms with Crippen LogP contribution in [-0.4, -0.2) is 62.1 Å². The molecule has 0 spiro atoms. The van der Waals surface area contributed by atoms with Gasteiger partial charge in [0.25, 0.3) is 5.91 Å². The molecular weight excluding hydrogens is 376 g/mol. The minimum absolute atomic E-state index is 0.186. The fourth-order valence-electron chi connectivity index (χ4n) is 3.05. The van der Waals surface area contributed by atoms with Crippen LogP contribution < -0.4 is 14.8 Å². The highest BCUT2D eigenvalue weighted by atomic mass is 16.5. The van der Waals surface area contributed by atoms with Crippen molar-refractivity contribution in [2.45, 2.75) is 31.9 Å². The molecule has 1 aliphatic rings. The van der Waals surface area contributed by atoms with E-state index in [0.29, 0.717) is 47.7 Å². The van der Waals surface area contributed by atoms with Gasteiger partial charge in [-0.1, -0.05) is 0 Å². The zero-order valence-electron chi connectivity index (χ0n) is 16.5. The van der Waals surface area contributed by atoms with Gasteiger partial charge in [-0.05, 0) is 19.8 Å². The zero-order chi connectivity index (χ0) is 20.6. The smallest absolute Gasteiger partial charge is 0.274 e. The summed E-state index contributed by atoms with van der Waals surface area (Å²) in [6.07, 6.45) is 4.34. The molecule has 4 rings (SSSR count). The number of nitrogens with one attached hydrogen (secondary N) is 1. The van der Waals surface area contributed by atoms with E-state index in [1.54, 1.807) is 31.2 Å². The number of ether oxygens (including phenoxy) is 2. The van der Waals surface area contributed by atoms with Crippen molar-refractivity contribution < 1.29 is 19.4 Å². The van der Waals surface area contributed by atoms with Crippen molar-refractivity contribution in [3.8, 4) is 11.6 Å². The van der Waals surface area contributed by atoms with E-state index in [1.807, 2.05) is 6.92 Å². The molecule has 0 unspecified atom stereocenters. The number of methoxy groups -OCH3 is 2. The van der Waals surface area contributed by atoms with Gasteiger partial charge >= 0.3 is 0 Å². The topological polar surface area (TPSA) is 124 Å². The Labute approximate surface area is 166 Å². The number of carbonyl (C=O) groups is 1. The van der Waals surface area contributed by atoms with Crippen molar-refractivity contribution in [2.75, 3.05) is 20.8 Å². The number of fused-ring (bicyclic) bond motifs is 1. The Morgan fingerprint density at radius 1 is 1.28 bits per heavy atom. The van der Waals surface area contributed by atoms with E-state index in [1.165, 1.54) is 6.33 Å². The van der Waals surface area contributed by atoms with Crippen LogP contribution in [0.15, 0.2) is 18.6 Å². The number of carbonyl (C=O) groups excluding carboxylic acids is 1. The second kappa shape index (κ2) is 7.28. The Kier molecular flexibility index (Phi) is 4.79. The highest BCUT2D eigenvalue weighted by molar-refractivity contribution is 6.03. The lowest BCUT2D eigenvalue weighted by atomic mass is 10.2. The average Bonchev–Trinajstić information content (AvgIpc) is 3.37. The Balaban J connectivity index is 1.72. The van der Waals surface area contributed by atoms with Gasteiger partial charge < -0.3 is 19.9 Å². The zero-order valence-corrected chi connectivity index (χ0v) is 16.5. The first kappa shape index (κ1) is 19.1. The molecule has 10 nitrogen and oxygen atoms in total. The van der Waals surface area contributed by atoms with Crippen molar-refractivity contribution in [3.05, 3.63) is 35.5 Å². The molecule has 0 saturated heterocycles. The Bertz CT molecular complexity index is 1080. The van der Waals surface area contributed by atoms with E-state index in [0.717, 1.165) is 5.56 Å². The highest BCUT2D eigenvalue weighted by Gasteiger charge is 2.40. The summed E-state index contributed by atoms with van der Waals surface area (Å²) >= 11 is 0. The molecule has 0 atom stereocenters. The Morgan fingerprint density at radius 3 is 2.76 bits per heavy atom. The molecule has 0 radical (unpaired) electrons. The average molecular weight is 398 g/mol. The van der Waals surface area contributed by atoms with Crippen LogP contribution in [0.3, 0.4) is 0 Å². The molecule has 0 bridgehead atoms. The number of nitrogens with zero attached hydrogens (tertiary/aromatic N) is 5. The summed E-state index contributed by atoms with van der Waals surface area (Å²) in [5, 5.41) is 17.2. The Hall–Kier alpha value is -3.27. The summed E-state index contributed by atoms with van der Waals surface area (Å²) in [6.45, 7) is 2.36. The summed E-state index contributed by atoms with van der Waals surface area (Å²) in [5.41, 5.74) is 1.98. The lowest BCUT2D eigenvalue weighted by Gasteiger charge is -2.09. The summed E-state index contributed by atoms with van der Waals surface area (Å²) in [7, 11) is 3.10. The quantitative estimate of drug-likeness (QED) is 0.600. The van der Waals surface area contributed by atoms with Gasteiger partial charge in [0, 0.05) is 18.2 Å². The minimum atomic E-state index is -0.792. The maximum atomic E-state index is 12.7. The second-order valence-electron chi connectivity index (χ2n) is 7.11. The molecule has 2 N–H and O–H groups in total. The summed E-state index contributed by atoms with van der Waals surface area (Å²) in [6, 6.07) is 1.77. The third kappa shape index (κ3) is 3.70. The second-order valence-corrected chi connectivity index (χ2v) is 7.11. The maximum Gasteiger partial charge on any atom is 0.274 e. The van der Waals surface area contributed by atoms with Crippen LogP contribution >= 0.6 is 0 Å². The molecule has 29 heavy (non-hydrogen) atoms. The number of rotatable bonds is 7. The van der Waals surface area contributed by atoms with Crippen molar-refractivity contribution in [1.82, 2.24) is 30.0 Å². The molecule has 0 aliphatic heterocycles. The van der Waals surface area contributed by atoms with E-state index < -0.39 is 5.60 Å². The number of aliphatic hydroxyl groups is 1. The van der Waals surface area contributed by atoms with Crippen LogP contribution in [-0.2, 0) is 6.54 Å². The molecule has 1 amide bonds. The van der Waals surface area contributed by atoms with Crippen molar-refractivity contribution in [2.24, 2.45) is 0 Å². The van der Waals surface area contributed by atoms with Crippen LogP contribution in [0.4, 0.5) is 0 Å². The third-order valence-electron chi connectivity index (χ3n) is 5.06. The number of hydrogen-bond donors (Lipinski definition) is 2. The summed E-state index contributed by atoms with van der Waals surface area (Å²) in [5.74, 6) is 0.649. The van der Waals surface area contributed by atoms with Crippen molar-refractivity contribution >= 4 is 16.9 Å². The maximum absolute atomic E-state index is 12.7. The van der Waals surface area contributed by atoms with Gasteiger partial charge in [0.2, 0.25) is 5.88 Å². The van der Waals surface area contributed by atoms with E-state index in [-0.39, 0.29) is 18.1 Å². The molecule has 3 aromatic rings. The van der Waals surface area contributed by atoms with Gasteiger partial charge in [0.15, 0.2) is 5.69 Å². The molecule has 10 heteroatoms. The van der Waals surface area contributed by atoms with E-state index in [9.17, 15) is 9.90 Å². The number of amides is 1. The molecule has 152 valence electrons. The Morgan fingerprint density at radius 2 is 2.07 bits per heavy atom. The van der Waals surface area contributed by atoms with Crippen LogP contribution in [0, 0.1) is 6.92 Å². The highest BCUT2D eigenvalue weighted by Crippen LogP contribution is 2.34. The van der Waals surface area contributed by atoms with Gasteiger partial charge in [0.1, 0.15) is 17.6 Å². The molecule has 1 fully saturated rings. The van der Waals surface area contributed by atoms with Crippen LogP contribution in [0.25, 0.3) is 11.0 Å². The van der Waals surface area contributed by atoms with Crippen molar-refractivity contribution in [1.29, 1.82) is 0 Å². The van der Waals surface area contributed by atoms with Gasteiger partial charge in [0.05, 0.1) is 43.8 Å². The lowest BCUT2D eigenvalue weighted by molar-refractivity contribution is 0.0892. The molecule has 1 saturated carbocycles. The third-order valence-corrected chi connectivity index (χ3v) is 5.06. The van der Waals surface area contributed by atoms with Crippen LogP contribution in [0.1, 0.15) is 34.6 Å². The van der Waals surface area contributed by atoms with E-state index in [2.05, 4.69) is 25.4 Å². The monoisotopic (exact) mass is 398 g/mol. The van der Waals surface area contributed by atoms with Crippen LogP contribution in [0.2, 0.25) is 0 Å². The van der Waals surface area contributed by atoms with E-state index >= 15 is 0 Å². The van der Waals surface area contributed by atoms with Gasteiger partial charge in [-0.2, -0.15) is 5.10 Å². The van der Waals surface area contributed by atoms with Gasteiger partial charge in [-0.25, -0.2) is 15.0 Å². The molecule has 1 aliphatic carbocycles. The van der Waals surface area contributed by atoms with Gasteiger partial charge in [-0.3, -0.25) is 9.48 Å². The van der Waals surface area contributed by atoms with Crippen LogP contribution in [0.5, 0.6) is 11.6 Å². The largest absolute Gasteiger partial charge is 0.495 e. The fourth-order valence-corrected chi connectivity index (χ4v) is 3.05.